The van der Waals surface area contributed by atoms with Gasteiger partial charge >= 0.3 is 0 Å². The van der Waals surface area contributed by atoms with Crippen molar-refractivity contribution in [3.05, 3.63) is 0 Å². The summed E-state index contributed by atoms with van der Waals surface area (Å²) in [4.78, 5) is 23.9. The normalized spacial score (nSPS) is 22.0. The second-order valence-electron chi connectivity index (χ2n) is 5.85. The first-order valence-electron chi connectivity index (χ1n) is 7.54. The van der Waals surface area contributed by atoms with Gasteiger partial charge in [0.2, 0.25) is 11.8 Å². The van der Waals surface area contributed by atoms with Gasteiger partial charge in [-0.25, -0.2) is 0 Å². The van der Waals surface area contributed by atoms with E-state index in [9.17, 15) is 9.59 Å². The monoisotopic (exact) mass is 319 g/mol. The first kappa shape index (κ1) is 18.2. The van der Waals surface area contributed by atoms with E-state index in [0.717, 1.165) is 12.8 Å². The molecule has 6 nitrogen and oxygen atoms in total. The van der Waals surface area contributed by atoms with Crippen LogP contribution in [0.15, 0.2) is 0 Å². The minimum absolute atomic E-state index is 0. The van der Waals surface area contributed by atoms with Gasteiger partial charge in [0.15, 0.2) is 0 Å². The highest BCUT2D eigenvalue weighted by Gasteiger charge is 2.35. The molecule has 2 rings (SSSR count). The van der Waals surface area contributed by atoms with E-state index >= 15 is 0 Å². The van der Waals surface area contributed by atoms with E-state index in [1.165, 1.54) is 19.3 Å². The van der Waals surface area contributed by atoms with Crippen molar-refractivity contribution >= 4 is 24.2 Å². The van der Waals surface area contributed by atoms with Crippen molar-refractivity contribution in [1.29, 1.82) is 0 Å². The Balaban J connectivity index is 0.00000220. The zero-order valence-electron chi connectivity index (χ0n) is 12.4. The molecule has 21 heavy (non-hydrogen) atoms. The molecule has 4 N–H and O–H groups in total. The molecule has 0 spiro atoms. The quantitative estimate of drug-likeness (QED) is 0.702. The summed E-state index contributed by atoms with van der Waals surface area (Å²) in [5.74, 6) is -0.375. The molecule has 1 saturated heterocycles. The summed E-state index contributed by atoms with van der Waals surface area (Å²) in [7, 11) is 0. The van der Waals surface area contributed by atoms with Crippen LogP contribution in [0.4, 0.5) is 0 Å². The summed E-state index contributed by atoms with van der Waals surface area (Å²) in [5.41, 5.74) is 5.16. The van der Waals surface area contributed by atoms with E-state index in [2.05, 4.69) is 10.6 Å². The lowest BCUT2D eigenvalue weighted by Crippen LogP contribution is -2.58. The Morgan fingerprint density at radius 2 is 1.76 bits per heavy atom. The minimum atomic E-state index is -0.886. The summed E-state index contributed by atoms with van der Waals surface area (Å²) in [6, 6.07) is 0.267. The Kier molecular flexibility index (Phi) is 7.42. The Morgan fingerprint density at radius 1 is 1.14 bits per heavy atom. The molecule has 1 heterocycles. The molecule has 1 aliphatic carbocycles. The van der Waals surface area contributed by atoms with Crippen molar-refractivity contribution in [3.63, 3.8) is 0 Å². The number of hydrogen-bond donors (Lipinski definition) is 3. The second-order valence-corrected chi connectivity index (χ2v) is 5.85. The Morgan fingerprint density at radius 3 is 2.38 bits per heavy atom. The number of halogens is 1. The molecule has 1 aliphatic heterocycles. The molecule has 0 aromatic heterocycles. The molecule has 2 fully saturated rings. The van der Waals surface area contributed by atoms with Gasteiger partial charge < -0.3 is 21.1 Å². The fraction of sp³-hybridized carbons (Fsp3) is 0.857. The SMILES string of the molecule is Cl.NC1(C(=O)NCC(=O)NC2CCCCC2)CCOCC1. The maximum Gasteiger partial charge on any atom is 0.240 e. The predicted octanol–water partition coefficient (Wildman–Crippen LogP) is 0.481. The zero-order chi connectivity index (χ0) is 14.4. The van der Waals surface area contributed by atoms with Gasteiger partial charge in [0.25, 0.3) is 0 Å². The third-order valence-corrected chi connectivity index (χ3v) is 4.22. The van der Waals surface area contributed by atoms with E-state index in [1.54, 1.807) is 0 Å². The van der Waals surface area contributed by atoms with Crippen LogP contribution in [0.3, 0.4) is 0 Å². The third kappa shape index (κ3) is 5.45. The molecule has 0 aromatic rings. The number of ether oxygens (including phenoxy) is 1. The van der Waals surface area contributed by atoms with Crippen molar-refractivity contribution < 1.29 is 14.3 Å². The molecule has 0 aromatic carbocycles. The van der Waals surface area contributed by atoms with Crippen molar-refractivity contribution in [2.45, 2.75) is 56.5 Å². The van der Waals surface area contributed by atoms with Gasteiger partial charge in [-0.05, 0) is 25.7 Å². The van der Waals surface area contributed by atoms with Crippen LogP contribution < -0.4 is 16.4 Å². The van der Waals surface area contributed by atoms with E-state index < -0.39 is 5.54 Å². The van der Waals surface area contributed by atoms with E-state index in [4.69, 9.17) is 10.5 Å². The lowest BCUT2D eigenvalue weighted by molar-refractivity contribution is -0.132. The average molecular weight is 320 g/mol. The predicted molar refractivity (Wildman–Crippen MR) is 82.2 cm³/mol. The highest BCUT2D eigenvalue weighted by molar-refractivity contribution is 5.90. The summed E-state index contributed by atoms with van der Waals surface area (Å²) in [6.45, 7) is 1.01. The number of carbonyl (C=O) groups excluding carboxylic acids is 2. The first-order valence-corrected chi connectivity index (χ1v) is 7.54. The average Bonchev–Trinajstić information content (AvgIpc) is 2.46. The minimum Gasteiger partial charge on any atom is -0.381 e. The van der Waals surface area contributed by atoms with Gasteiger partial charge in [0, 0.05) is 19.3 Å². The standard InChI is InChI=1S/C14H25N3O3.ClH/c15-14(6-8-20-9-7-14)13(19)16-10-12(18)17-11-4-2-1-3-5-11;/h11H,1-10,15H2,(H,16,19)(H,17,18);1H. The number of rotatable bonds is 4. The number of carbonyl (C=O) groups is 2. The third-order valence-electron chi connectivity index (χ3n) is 4.22. The van der Waals surface area contributed by atoms with E-state index in [-0.39, 0.29) is 36.8 Å². The number of hydrogen-bond acceptors (Lipinski definition) is 4. The zero-order valence-corrected chi connectivity index (χ0v) is 13.2. The highest BCUT2D eigenvalue weighted by Crippen LogP contribution is 2.18. The molecular weight excluding hydrogens is 294 g/mol. The Hall–Kier alpha value is -0.850. The summed E-state index contributed by atoms with van der Waals surface area (Å²) in [6.07, 6.45) is 6.68. The molecule has 0 bridgehead atoms. The number of nitrogens with two attached hydrogens (primary N) is 1. The van der Waals surface area contributed by atoms with Crippen LogP contribution in [-0.4, -0.2) is 43.2 Å². The lowest BCUT2D eigenvalue weighted by atomic mass is 9.90. The maximum absolute atomic E-state index is 12.0. The van der Waals surface area contributed by atoms with Crippen LogP contribution in [0.25, 0.3) is 0 Å². The summed E-state index contributed by atoms with van der Waals surface area (Å²) in [5, 5.41) is 5.62. The van der Waals surface area contributed by atoms with Gasteiger partial charge in [-0.2, -0.15) is 0 Å². The molecule has 0 atom stereocenters. The summed E-state index contributed by atoms with van der Waals surface area (Å²) < 4.78 is 5.20. The van der Waals surface area contributed by atoms with Crippen molar-refractivity contribution in [2.24, 2.45) is 5.73 Å². The molecule has 2 amide bonds. The molecule has 0 unspecified atom stereocenters. The van der Waals surface area contributed by atoms with E-state index in [0.29, 0.717) is 26.1 Å². The van der Waals surface area contributed by atoms with Crippen LogP contribution in [0.5, 0.6) is 0 Å². The van der Waals surface area contributed by atoms with Crippen LogP contribution in [0.1, 0.15) is 44.9 Å². The lowest BCUT2D eigenvalue weighted by Gasteiger charge is -2.31. The van der Waals surface area contributed by atoms with Crippen molar-refractivity contribution in [1.82, 2.24) is 10.6 Å². The van der Waals surface area contributed by atoms with E-state index in [1.807, 2.05) is 0 Å². The topological polar surface area (TPSA) is 93.5 Å². The second kappa shape index (κ2) is 8.56. The molecule has 1 saturated carbocycles. The van der Waals surface area contributed by atoms with Crippen LogP contribution in [-0.2, 0) is 14.3 Å². The largest absolute Gasteiger partial charge is 0.381 e. The van der Waals surface area contributed by atoms with Crippen LogP contribution in [0.2, 0.25) is 0 Å². The molecule has 122 valence electrons. The van der Waals surface area contributed by atoms with Crippen molar-refractivity contribution in [2.75, 3.05) is 19.8 Å². The highest BCUT2D eigenvalue weighted by atomic mass is 35.5. The Labute approximate surface area is 132 Å². The fourth-order valence-corrected chi connectivity index (χ4v) is 2.82. The van der Waals surface area contributed by atoms with Gasteiger partial charge in [0.1, 0.15) is 0 Å². The van der Waals surface area contributed by atoms with Gasteiger partial charge in [0.05, 0.1) is 12.1 Å². The van der Waals surface area contributed by atoms with Crippen LogP contribution >= 0.6 is 12.4 Å². The van der Waals surface area contributed by atoms with Crippen LogP contribution in [0, 0.1) is 0 Å². The maximum atomic E-state index is 12.0. The van der Waals surface area contributed by atoms with Gasteiger partial charge in [-0.1, -0.05) is 19.3 Å². The number of nitrogens with one attached hydrogen (secondary N) is 2. The summed E-state index contributed by atoms with van der Waals surface area (Å²) >= 11 is 0. The molecule has 0 radical (unpaired) electrons. The Bertz CT molecular complexity index is 353. The number of amides is 2. The molecular formula is C14H26ClN3O3. The first-order chi connectivity index (χ1) is 9.60. The van der Waals surface area contributed by atoms with Gasteiger partial charge in [-0.15, -0.1) is 12.4 Å². The smallest absolute Gasteiger partial charge is 0.240 e. The molecule has 2 aliphatic rings. The molecule has 7 heteroatoms. The van der Waals surface area contributed by atoms with Crippen molar-refractivity contribution in [3.8, 4) is 0 Å². The van der Waals surface area contributed by atoms with Gasteiger partial charge in [-0.3, -0.25) is 9.59 Å². The fourth-order valence-electron chi connectivity index (χ4n) is 2.82.